The molecule has 7 unspecified atom stereocenters. The van der Waals surface area contributed by atoms with Gasteiger partial charge >= 0.3 is 0 Å². The Morgan fingerprint density at radius 1 is 0.967 bits per heavy atom. The van der Waals surface area contributed by atoms with E-state index in [0.717, 1.165) is 29.6 Å². The normalized spacial score (nSPS) is 40.5. The molecule has 3 saturated carbocycles. The molecule has 4 aliphatic rings. The van der Waals surface area contributed by atoms with Gasteiger partial charge in [0.05, 0.1) is 0 Å². The van der Waals surface area contributed by atoms with Crippen LogP contribution in [0, 0.1) is 40.4 Å². The summed E-state index contributed by atoms with van der Waals surface area (Å²) in [6.07, 6.45) is 15.6. The van der Waals surface area contributed by atoms with E-state index in [4.69, 9.17) is 0 Å². The third-order valence-electron chi connectivity index (χ3n) is 8.74. The zero-order valence-corrected chi connectivity index (χ0v) is 22.7. The lowest BCUT2D eigenvalue weighted by Gasteiger charge is -2.60. The van der Waals surface area contributed by atoms with Crippen LogP contribution in [0.3, 0.4) is 0 Å². The van der Waals surface area contributed by atoms with Crippen molar-refractivity contribution in [2.24, 2.45) is 40.4 Å². The molecule has 0 spiro atoms. The van der Waals surface area contributed by atoms with Gasteiger partial charge in [-0.2, -0.15) is 0 Å². The van der Waals surface area contributed by atoms with Gasteiger partial charge in [-0.3, -0.25) is 0 Å². The first-order valence-corrected chi connectivity index (χ1v) is 13.6. The van der Waals surface area contributed by atoms with Crippen LogP contribution in [0.15, 0.2) is 24.8 Å². The maximum Gasteiger partial charge on any atom is -0.00828 e. The zero-order valence-electron chi connectivity index (χ0n) is 22.7. The zero-order chi connectivity index (χ0) is 23.5. The van der Waals surface area contributed by atoms with E-state index in [2.05, 4.69) is 60.8 Å². The van der Waals surface area contributed by atoms with Crippen molar-refractivity contribution in [3.8, 4) is 0 Å². The third kappa shape index (κ3) is 5.63. The van der Waals surface area contributed by atoms with Gasteiger partial charge in [-0.1, -0.05) is 87.3 Å². The van der Waals surface area contributed by atoms with Crippen molar-refractivity contribution < 1.29 is 0 Å². The van der Waals surface area contributed by atoms with Crippen molar-refractivity contribution in [3.05, 3.63) is 24.8 Å². The lowest BCUT2D eigenvalue weighted by Crippen LogP contribution is -2.53. The first-order valence-electron chi connectivity index (χ1n) is 13.6. The molecule has 7 atom stereocenters. The van der Waals surface area contributed by atoms with Gasteiger partial charge in [-0.15, -0.1) is 13.2 Å². The van der Waals surface area contributed by atoms with Crippen LogP contribution in [0.5, 0.6) is 0 Å². The predicted molar refractivity (Wildman–Crippen MR) is 140 cm³/mol. The fourth-order valence-corrected chi connectivity index (χ4v) is 7.71. The van der Waals surface area contributed by atoms with Crippen molar-refractivity contribution in [3.63, 3.8) is 0 Å². The topological polar surface area (TPSA) is 0 Å². The highest BCUT2D eigenvalue weighted by Gasteiger charge is 2.59. The minimum absolute atomic E-state index is 0.563. The quantitative estimate of drug-likeness (QED) is 0.343. The Morgan fingerprint density at radius 3 is 2.10 bits per heavy atom. The Labute approximate surface area is 192 Å². The second-order valence-corrected chi connectivity index (χ2v) is 10.2. The van der Waals surface area contributed by atoms with Crippen LogP contribution in [-0.2, 0) is 0 Å². The second-order valence-electron chi connectivity index (χ2n) is 10.2. The summed E-state index contributed by atoms with van der Waals surface area (Å²) in [5, 5.41) is 0. The van der Waals surface area contributed by atoms with E-state index in [1.54, 1.807) is 0 Å². The molecule has 0 aliphatic heterocycles. The van der Waals surface area contributed by atoms with Gasteiger partial charge in [0, 0.05) is 0 Å². The molecule has 4 aliphatic carbocycles. The number of hydrogen-bond acceptors (Lipinski definition) is 0. The Kier molecular flexibility index (Phi) is 13.6. The maximum atomic E-state index is 3.00. The molecule has 0 aromatic carbocycles. The summed E-state index contributed by atoms with van der Waals surface area (Å²) in [6.45, 7) is 28.7. The average molecular weight is 419 g/mol. The van der Waals surface area contributed by atoms with E-state index < -0.39 is 0 Å². The van der Waals surface area contributed by atoms with Gasteiger partial charge in [-0.05, 0) is 91.8 Å². The fourth-order valence-electron chi connectivity index (χ4n) is 7.71. The van der Waals surface area contributed by atoms with E-state index in [-0.39, 0.29) is 0 Å². The highest BCUT2D eigenvalue weighted by atomic mass is 14.6. The van der Waals surface area contributed by atoms with Crippen molar-refractivity contribution in [2.75, 3.05) is 0 Å². The Balaban J connectivity index is 0.000000826. The van der Waals surface area contributed by atoms with Crippen LogP contribution in [-0.4, -0.2) is 0 Å². The lowest BCUT2D eigenvalue weighted by molar-refractivity contribution is -0.0832. The first kappa shape index (κ1) is 29.5. The molecule has 0 heteroatoms. The van der Waals surface area contributed by atoms with Gasteiger partial charge in [0.25, 0.3) is 0 Å². The standard InChI is InChI=1S/C21H34.C3H8.2C2H6.C2H4/c1-14-13-21(4)15(2)8-11-18(21)17-10-9-16-7-5-6-12-20(16,3)19(14)17;1-3-2;3*1-2/h7,14-15,17-19H,5-6,8-13H2,1-4H3;3H2,1-2H3;2*1-2H3;1-2H2. The minimum atomic E-state index is 0.563. The smallest absolute Gasteiger partial charge is 0.00828 e. The Bertz CT molecular complexity index is 488. The summed E-state index contributed by atoms with van der Waals surface area (Å²) in [6, 6.07) is 0. The third-order valence-corrected chi connectivity index (χ3v) is 8.74. The monoisotopic (exact) mass is 418 g/mol. The Morgan fingerprint density at radius 2 is 1.53 bits per heavy atom. The summed E-state index contributed by atoms with van der Waals surface area (Å²) < 4.78 is 0. The molecule has 0 N–H and O–H groups in total. The highest BCUT2D eigenvalue weighted by Crippen LogP contribution is 2.68. The molecule has 4 rings (SSSR count). The van der Waals surface area contributed by atoms with Crippen LogP contribution in [0.25, 0.3) is 0 Å². The van der Waals surface area contributed by atoms with Crippen LogP contribution in [0.4, 0.5) is 0 Å². The molecular formula is C30H58. The first-order chi connectivity index (χ1) is 14.4. The number of fused-ring (bicyclic) bond motifs is 5. The number of hydrogen-bond donors (Lipinski definition) is 0. The maximum absolute atomic E-state index is 3.00. The molecule has 0 saturated heterocycles. The number of allylic oxidation sites excluding steroid dienone is 2. The summed E-state index contributed by atoms with van der Waals surface area (Å²) in [4.78, 5) is 0. The van der Waals surface area contributed by atoms with E-state index in [1.165, 1.54) is 57.8 Å². The molecule has 0 radical (unpaired) electrons. The Hall–Kier alpha value is -0.520. The van der Waals surface area contributed by atoms with Gasteiger partial charge in [0.1, 0.15) is 0 Å². The summed E-state index contributed by atoms with van der Waals surface area (Å²) >= 11 is 0. The summed E-state index contributed by atoms with van der Waals surface area (Å²) in [7, 11) is 0. The van der Waals surface area contributed by atoms with Crippen LogP contribution in [0.2, 0.25) is 0 Å². The van der Waals surface area contributed by atoms with Gasteiger partial charge in [-0.25, -0.2) is 0 Å². The van der Waals surface area contributed by atoms with E-state index in [1.807, 2.05) is 33.3 Å². The highest BCUT2D eigenvalue weighted by molar-refractivity contribution is 5.24. The predicted octanol–water partition coefficient (Wildman–Crippen LogP) is 10.5. The van der Waals surface area contributed by atoms with Crippen molar-refractivity contribution in [1.29, 1.82) is 0 Å². The van der Waals surface area contributed by atoms with E-state index >= 15 is 0 Å². The van der Waals surface area contributed by atoms with Crippen LogP contribution in [0.1, 0.15) is 127 Å². The molecule has 178 valence electrons. The van der Waals surface area contributed by atoms with Gasteiger partial charge in [0.15, 0.2) is 0 Å². The molecule has 0 heterocycles. The molecule has 0 nitrogen and oxygen atoms in total. The van der Waals surface area contributed by atoms with E-state index in [0.29, 0.717) is 10.8 Å². The van der Waals surface area contributed by atoms with Gasteiger partial charge in [0.2, 0.25) is 0 Å². The fraction of sp³-hybridized carbons (Fsp3) is 0.867. The van der Waals surface area contributed by atoms with Gasteiger partial charge < -0.3 is 0 Å². The molecule has 0 aromatic rings. The largest absolute Gasteiger partial charge is 0.106 e. The summed E-state index contributed by atoms with van der Waals surface area (Å²) in [5.74, 6) is 4.95. The minimum Gasteiger partial charge on any atom is -0.106 e. The van der Waals surface area contributed by atoms with Crippen molar-refractivity contribution in [1.82, 2.24) is 0 Å². The molecule has 0 bridgehead atoms. The molecule has 0 aromatic heterocycles. The van der Waals surface area contributed by atoms with Crippen molar-refractivity contribution in [2.45, 2.75) is 127 Å². The number of rotatable bonds is 0. The van der Waals surface area contributed by atoms with E-state index in [9.17, 15) is 0 Å². The SMILES string of the molecule is C=C.CC.CC.CC1CC2(C)C(C)CCC2C2CCC3=CCCCC3(C)C12.CCC. The average Bonchev–Trinajstić information content (AvgIpc) is 3.06. The van der Waals surface area contributed by atoms with Crippen LogP contribution < -0.4 is 0 Å². The van der Waals surface area contributed by atoms with Crippen LogP contribution >= 0.6 is 0 Å². The summed E-state index contributed by atoms with van der Waals surface area (Å²) in [5.41, 5.74) is 3.08. The molecule has 0 amide bonds. The lowest BCUT2D eigenvalue weighted by atomic mass is 9.44. The second kappa shape index (κ2) is 13.8. The molecule has 3 fully saturated rings. The van der Waals surface area contributed by atoms with Crippen molar-refractivity contribution >= 4 is 0 Å². The molecule has 30 heavy (non-hydrogen) atoms. The molecular weight excluding hydrogens is 360 g/mol.